The monoisotopic (exact) mass is 364 g/mol. The van der Waals surface area contributed by atoms with Gasteiger partial charge < -0.3 is 15.4 Å². The molecule has 0 aliphatic carbocycles. The largest absolute Gasteiger partial charge is 0.412 e. The second-order valence-electron chi connectivity index (χ2n) is 5.44. The lowest BCUT2D eigenvalue weighted by Gasteiger charge is -2.19. The number of halogens is 2. The quantitative estimate of drug-likeness (QED) is 0.706. The Labute approximate surface area is 151 Å². The summed E-state index contributed by atoms with van der Waals surface area (Å²) in [7, 11) is 0. The zero-order chi connectivity index (χ0) is 15.1. The number of aromatic nitrogens is 3. The molecule has 24 heavy (non-hydrogen) atoms. The highest BCUT2D eigenvalue weighted by atomic mass is 35.5. The van der Waals surface area contributed by atoms with Gasteiger partial charge in [-0.3, -0.25) is 0 Å². The highest BCUT2D eigenvalue weighted by Crippen LogP contribution is 2.34. The van der Waals surface area contributed by atoms with Crippen molar-refractivity contribution in [2.45, 2.75) is 6.92 Å². The first kappa shape index (κ1) is 18.3. The van der Waals surface area contributed by atoms with Gasteiger partial charge in [0.15, 0.2) is 5.82 Å². The number of nitrogens with zero attached hydrogens (tertiary/aromatic N) is 3. The zero-order valence-electron chi connectivity index (χ0n) is 13.1. The van der Waals surface area contributed by atoms with E-state index >= 15 is 0 Å². The van der Waals surface area contributed by atoms with Crippen LogP contribution in [-0.2, 0) is 0 Å². The van der Waals surface area contributed by atoms with E-state index < -0.39 is 0 Å². The molecule has 5 nitrogen and oxygen atoms in total. The molecule has 1 aromatic rings. The molecule has 4 rings (SSSR count). The average Bonchev–Trinajstić information content (AvgIpc) is 3.15. The van der Waals surface area contributed by atoms with Crippen LogP contribution in [0.15, 0.2) is 42.5 Å². The van der Waals surface area contributed by atoms with Crippen molar-refractivity contribution in [2.75, 3.05) is 18.0 Å². The maximum Gasteiger partial charge on any atom is 0.159 e. The van der Waals surface area contributed by atoms with E-state index in [1.165, 1.54) is 0 Å². The van der Waals surface area contributed by atoms with Gasteiger partial charge in [-0.25, -0.2) is 9.97 Å². The minimum absolute atomic E-state index is 0. The standard InChI is InChI=1S/C17H15ClN4.ClH.H2O/c1-11-19-15-10-14(12-5-4-6-13(18)9-12)21-16(15)17(20-11)22-7-2-3-8-22;;/h2-6,9-10H,7-8H2,1H3,(H,19,20);1H;1H2. The molecule has 3 aliphatic heterocycles. The summed E-state index contributed by atoms with van der Waals surface area (Å²) in [4.78, 5) is 15.0. The smallest absolute Gasteiger partial charge is 0.159 e. The summed E-state index contributed by atoms with van der Waals surface area (Å²) in [5.74, 6) is 1.82. The Morgan fingerprint density at radius 3 is 2.58 bits per heavy atom. The highest BCUT2D eigenvalue weighted by Gasteiger charge is 2.21. The lowest BCUT2D eigenvalue weighted by atomic mass is 10.1. The van der Waals surface area contributed by atoms with Gasteiger partial charge in [-0.1, -0.05) is 35.9 Å². The van der Waals surface area contributed by atoms with E-state index in [4.69, 9.17) is 16.6 Å². The summed E-state index contributed by atoms with van der Waals surface area (Å²) in [5, 5.41) is 0.715. The van der Waals surface area contributed by atoms with Gasteiger partial charge in [0.25, 0.3) is 0 Å². The number of anilines is 1. The fourth-order valence-electron chi connectivity index (χ4n) is 2.79. The zero-order valence-corrected chi connectivity index (χ0v) is 14.7. The number of rotatable bonds is 2. The third kappa shape index (κ3) is 3.24. The Kier molecular flexibility index (Phi) is 5.49. The second-order valence-corrected chi connectivity index (χ2v) is 5.87. The molecule has 0 aromatic heterocycles. The fourth-order valence-corrected chi connectivity index (χ4v) is 2.98. The summed E-state index contributed by atoms with van der Waals surface area (Å²) in [6.07, 6.45) is 4.31. The summed E-state index contributed by atoms with van der Waals surface area (Å²) in [6, 6.07) is 9.82. The van der Waals surface area contributed by atoms with E-state index in [-0.39, 0.29) is 17.9 Å². The molecule has 0 atom stereocenters. The Balaban J connectivity index is 0.00000104. The van der Waals surface area contributed by atoms with Crippen molar-refractivity contribution in [1.82, 2.24) is 15.0 Å². The summed E-state index contributed by atoms with van der Waals surface area (Å²) >= 11 is 6.09. The second kappa shape index (κ2) is 7.21. The van der Waals surface area contributed by atoms with Crippen LogP contribution in [0.1, 0.15) is 5.82 Å². The van der Waals surface area contributed by atoms with E-state index in [9.17, 15) is 0 Å². The molecule has 7 heteroatoms. The van der Waals surface area contributed by atoms with E-state index in [0.29, 0.717) is 5.02 Å². The molecule has 0 unspecified atom stereocenters. The number of nitrogens with one attached hydrogen (secondary N) is 1. The lowest BCUT2D eigenvalue weighted by molar-refractivity contribution is 0.824. The average molecular weight is 365 g/mol. The van der Waals surface area contributed by atoms with Crippen molar-refractivity contribution in [3.8, 4) is 22.6 Å². The molecule has 0 saturated carbocycles. The van der Waals surface area contributed by atoms with Crippen LogP contribution in [0.3, 0.4) is 0 Å². The first-order valence-corrected chi connectivity index (χ1v) is 7.62. The van der Waals surface area contributed by atoms with Crippen molar-refractivity contribution >= 4 is 29.8 Å². The van der Waals surface area contributed by atoms with E-state index in [1.807, 2.05) is 31.2 Å². The van der Waals surface area contributed by atoms with Gasteiger partial charge in [0.2, 0.25) is 0 Å². The van der Waals surface area contributed by atoms with Gasteiger partial charge in [-0.05, 0) is 25.1 Å². The van der Waals surface area contributed by atoms with Crippen molar-refractivity contribution in [2.24, 2.45) is 0 Å². The van der Waals surface area contributed by atoms with E-state index in [2.05, 4.69) is 33.1 Å². The molecule has 3 aliphatic rings. The highest BCUT2D eigenvalue weighted by molar-refractivity contribution is 6.30. The van der Waals surface area contributed by atoms with Crippen molar-refractivity contribution in [1.29, 1.82) is 0 Å². The first-order chi connectivity index (χ1) is 10.7. The molecular formula is C17H18Cl2N4O. The molecule has 0 radical (unpaired) electrons. The Hall–Kier alpha value is -2.08. The van der Waals surface area contributed by atoms with Crippen LogP contribution >= 0.6 is 24.0 Å². The summed E-state index contributed by atoms with van der Waals surface area (Å²) in [6.45, 7) is 3.73. The number of aryl methyl sites for hydroxylation is 1. The van der Waals surface area contributed by atoms with Gasteiger partial charge in [0.05, 0.1) is 11.4 Å². The third-order valence-electron chi connectivity index (χ3n) is 3.81. The molecule has 126 valence electrons. The Bertz CT molecular complexity index is 839. The predicted molar refractivity (Wildman–Crippen MR) is 100 cm³/mol. The van der Waals surface area contributed by atoms with Crippen LogP contribution in [0.25, 0.3) is 22.6 Å². The van der Waals surface area contributed by atoms with Crippen LogP contribution in [0.2, 0.25) is 5.02 Å². The van der Waals surface area contributed by atoms with Crippen LogP contribution < -0.4 is 4.90 Å². The molecular weight excluding hydrogens is 347 g/mol. The van der Waals surface area contributed by atoms with Crippen molar-refractivity contribution < 1.29 is 5.48 Å². The third-order valence-corrected chi connectivity index (χ3v) is 4.04. The van der Waals surface area contributed by atoms with Crippen molar-refractivity contribution in [3.63, 3.8) is 0 Å². The van der Waals surface area contributed by atoms with Gasteiger partial charge in [-0.15, -0.1) is 12.4 Å². The predicted octanol–water partition coefficient (Wildman–Crippen LogP) is 3.51. The number of hydrogen-bond donors (Lipinski definition) is 1. The lowest BCUT2D eigenvalue weighted by Crippen LogP contribution is -2.21. The first-order valence-electron chi connectivity index (χ1n) is 7.24. The topological polar surface area (TPSA) is 76.3 Å². The SMILES string of the molecule is Cc1nc(N2CC=CC2)c2nc(-c3cccc(Cl)c3)cc-2[nH]1.Cl.O. The Morgan fingerprint density at radius 2 is 1.88 bits per heavy atom. The molecule has 0 spiro atoms. The summed E-state index contributed by atoms with van der Waals surface area (Å²) < 4.78 is 0. The number of H-pyrrole nitrogens is 1. The van der Waals surface area contributed by atoms with Crippen molar-refractivity contribution in [3.05, 3.63) is 53.3 Å². The Morgan fingerprint density at radius 1 is 1.12 bits per heavy atom. The maximum atomic E-state index is 6.09. The molecule has 0 amide bonds. The van der Waals surface area contributed by atoms with E-state index in [1.54, 1.807) is 0 Å². The number of fused-ring (bicyclic) bond motifs is 1. The van der Waals surface area contributed by atoms with Crippen LogP contribution in [0.4, 0.5) is 5.82 Å². The normalized spacial score (nSPS) is 13.0. The number of hydrogen-bond acceptors (Lipinski definition) is 3. The minimum atomic E-state index is 0. The minimum Gasteiger partial charge on any atom is -0.412 e. The molecule has 0 fully saturated rings. The maximum absolute atomic E-state index is 6.09. The number of benzene rings is 1. The van der Waals surface area contributed by atoms with Gasteiger partial charge in [0.1, 0.15) is 11.5 Å². The van der Waals surface area contributed by atoms with Gasteiger partial charge >= 0.3 is 0 Å². The van der Waals surface area contributed by atoms with Crippen LogP contribution in [0, 0.1) is 6.92 Å². The molecule has 3 N–H and O–H groups in total. The molecule has 0 saturated heterocycles. The van der Waals surface area contributed by atoms with Crippen LogP contribution in [0.5, 0.6) is 0 Å². The van der Waals surface area contributed by atoms with Crippen LogP contribution in [-0.4, -0.2) is 33.5 Å². The van der Waals surface area contributed by atoms with Gasteiger partial charge in [-0.2, -0.15) is 0 Å². The molecule has 3 heterocycles. The molecule has 0 bridgehead atoms. The molecule has 1 aromatic carbocycles. The van der Waals surface area contributed by atoms with Gasteiger partial charge in [0, 0.05) is 23.7 Å². The fraction of sp³-hybridized carbons (Fsp3) is 0.176. The van der Waals surface area contributed by atoms with E-state index in [0.717, 1.165) is 47.4 Å². The summed E-state index contributed by atoms with van der Waals surface area (Å²) in [5.41, 5.74) is 3.84. The number of aromatic amines is 1.